The topological polar surface area (TPSA) is 9.86 Å². The third-order valence-electron chi connectivity index (χ3n) is 14.8. The summed E-state index contributed by atoms with van der Waals surface area (Å²) in [6.07, 6.45) is 0. The van der Waals surface area contributed by atoms with Crippen molar-refractivity contribution in [3.63, 3.8) is 0 Å². The molecule has 0 spiro atoms. The Balaban J connectivity index is 0.834. The third-order valence-corrected chi connectivity index (χ3v) is 23.3. The van der Waals surface area contributed by atoms with Crippen LogP contribution in [0.4, 0.5) is 0 Å². The van der Waals surface area contributed by atoms with Gasteiger partial charge in [-0.05, 0) is 36.4 Å². The number of thiophene rings is 2. The Labute approximate surface area is 424 Å². The van der Waals surface area contributed by atoms with E-state index in [1.54, 1.807) is 0 Å². The molecule has 0 radical (unpaired) electrons. The molecule has 0 N–H and O–H groups in total. The number of hydrogen-bond donors (Lipinski definition) is 0. The predicted octanol–water partition coefficient (Wildman–Crippen LogP) is 19.3. The van der Waals surface area contributed by atoms with E-state index in [0.717, 1.165) is 5.69 Å². The van der Waals surface area contributed by atoms with Crippen LogP contribution in [0.25, 0.3) is 129 Å². The number of benzene rings is 11. The van der Waals surface area contributed by atoms with Crippen molar-refractivity contribution in [3.8, 4) is 44.8 Å². The van der Waals surface area contributed by atoms with Gasteiger partial charge in [-0.3, -0.25) is 0 Å². The number of para-hydroxylation sites is 2. The zero-order chi connectivity index (χ0) is 46.3. The van der Waals surface area contributed by atoms with Gasteiger partial charge in [0.1, 0.15) is 0 Å². The normalized spacial score (nSPS) is 13.0. The van der Waals surface area contributed by atoms with E-state index in [1.165, 1.54) is 134 Å². The molecule has 0 aliphatic carbocycles. The Morgan fingerprint density at radius 3 is 1.44 bits per heavy atom. The van der Waals surface area contributed by atoms with Crippen LogP contribution in [0, 0.1) is 10.7 Å². The van der Waals surface area contributed by atoms with Crippen molar-refractivity contribution in [2.75, 3.05) is 0 Å². The summed E-state index contributed by atoms with van der Waals surface area (Å²) in [5.41, 5.74) is 14.9. The molecule has 0 saturated heterocycles. The predicted molar refractivity (Wildman–Crippen MR) is 314 cm³/mol. The molecule has 0 bridgehead atoms. The Bertz CT molecular complexity index is 4720. The molecule has 5 heterocycles. The molecule has 0 amide bonds. The summed E-state index contributed by atoms with van der Waals surface area (Å²) in [7, 11) is 0. The Morgan fingerprint density at radius 2 is 0.746 bits per heavy atom. The Morgan fingerprint density at radius 1 is 0.268 bits per heavy atom. The summed E-state index contributed by atoms with van der Waals surface area (Å²) in [5.74, 6) is 0. The Kier molecular flexibility index (Phi) is 8.64. The average molecular weight is 1050 g/mol. The standard InChI is InChI=1S/C66H39IN2S2/c1-2-12-45(13-3-1)68-61-30-24-42(40-22-28-58-51(34-40)47-14-4-8-18-57(47)67(58)44-26-32-65-55(38-44)49-16-6-10-20-63(49)70-65)36-53(61)54-37-43(25-31-62(54)68)41-23-29-60-52(35-41)48-15-5-9-19-59(48)69(60)46-27-33-66-56(39-46)50-17-7-11-21-64(50)71-66/h1-39H. The van der Waals surface area contributed by atoms with Gasteiger partial charge in [-0.2, -0.15) is 0 Å². The van der Waals surface area contributed by atoms with Crippen LogP contribution in [0.1, 0.15) is 0 Å². The zero-order valence-corrected chi connectivity index (χ0v) is 41.9. The summed E-state index contributed by atoms with van der Waals surface area (Å²) in [4.78, 5) is 0. The van der Waals surface area contributed by atoms with Gasteiger partial charge in [0.2, 0.25) is 0 Å². The van der Waals surface area contributed by atoms with Gasteiger partial charge in [0.25, 0.3) is 0 Å². The molecule has 4 aromatic heterocycles. The Hall–Kier alpha value is -7.81. The van der Waals surface area contributed by atoms with Gasteiger partial charge in [-0.15, -0.1) is 11.3 Å². The molecular formula is C66H39IN2S2. The second-order valence-electron chi connectivity index (χ2n) is 18.7. The molecule has 0 saturated carbocycles. The number of aromatic nitrogens is 2. The van der Waals surface area contributed by atoms with Crippen molar-refractivity contribution in [2.24, 2.45) is 0 Å². The van der Waals surface area contributed by atoms with E-state index in [9.17, 15) is 0 Å². The van der Waals surface area contributed by atoms with Gasteiger partial charge in [-0.25, -0.2) is 0 Å². The molecule has 0 atom stereocenters. The maximum absolute atomic E-state index is 2.52. The number of halogens is 1. The fourth-order valence-electron chi connectivity index (χ4n) is 11.6. The van der Waals surface area contributed by atoms with E-state index in [-0.39, 0.29) is 0 Å². The van der Waals surface area contributed by atoms with Crippen molar-refractivity contribution in [1.29, 1.82) is 0 Å². The summed E-state index contributed by atoms with van der Waals surface area (Å²) in [6.45, 7) is 0. The van der Waals surface area contributed by atoms with E-state index in [1.807, 2.05) is 22.7 Å². The van der Waals surface area contributed by atoms with Crippen molar-refractivity contribution in [1.82, 2.24) is 9.13 Å². The number of nitrogens with zero attached hydrogens (tertiary/aromatic N) is 2. The van der Waals surface area contributed by atoms with Crippen LogP contribution in [-0.4, -0.2) is 9.13 Å². The van der Waals surface area contributed by atoms with Crippen LogP contribution in [0.5, 0.6) is 0 Å². The summed E-state index contributed by atoms with van der Waals surface area (Å²) in [6, 6.07) is 89.5. The number of rotatable bonds is 5. The van der Waals surface area contributed by atoms with Gasteiger partial charge < -0.3 is 4.57 Å². The van der Waals surface area contributed by atoms with Crippen molar-refractivity contribution in [2.45, 2.75) is 0 Å². The average Bonchev–Trinajstić information content (AvgIpc) is 4.24. The quantitative estimate of drug-likeness (QED) is 0.152. The van der Waals surface area contributed by atoms with Crippen LogP contribution < -0.4 is 0 Å². The molecule has 16 rings (SSSR count). The molecule has 71 heavy (non-hydrogen) atoms. The first-order valence-electron chi connectivity index (χ1n) is 24.1. The van der Waals surface area contributed by atoms with Crippen LogP contribution in [0.15, 0.2) is 237 Å². The minimum atomic E-state index is -1.96. The van der Waals surface area contributed by atoms with Crippen LogP contribution >= 0.6 is 42.5 Å². The van der Waals surface area contributed by atoms with Crippen LogP contribution in [0.3, 0.4) is 0 Å². The van der Waals surface area contributed by atoms with E-state index < -0.39 is 19.8 Å². The molecule has 1 aliphatic heterocycles. The van der Waals surface area contributed by atoms with Gasteiger partial charge >= 0.3 is 285 Å². The van der Waals surface area contributed by atoms with Gasteiger partial charge in [0.05, 0.1) is 11.0 Å². The van der Waals surface area contributed by atoms with E-state index in [4.69, 9.17) is 0 Å². The fraction of sp³-hybridized carbons (Fsp3) is 0. The first-order valence-corrected chi connectivity index (χ1v) is 29.0. The molecular weight excluding hydrogens is 1010 g/mol. The van der Waals surface area contributed by atoms with E-state index in [2.05, 4.69) is 246 Å². The summed E-state index contributed by atoms with van der Waals surface area (Å²) in [5, 5.41) is 10.4. The van der Waals surface area contributed by atoms with Crippen molar-refractivity contribution >= 4 is 126 Å². The third kappa shape index (κ3) is 5.97. The monoisotopic (exact) mass is 1050 g/mol. The van der Waals surface area contributed by atoms with Crippen LogP contribution in [-0.2, 0) is 0 Å². The zero-order valence-electron chi connectivity index (χ0n) is 38.1. The molecule has 0 unspecified atom stereocenters. The number of hydrogen-bond acceptors (Lipinski definition) is 2. The first kappa shape index (κ1) is 40.0. The van der Waals surface area contributed by atoms with Gasteiger partial charge in [-0.1, -0.05) is 42.5 Å². The van der Waals surface area contributed by atoms with E-state index in [0.29, 0.717) is 0 Å². The second kappa shape index (κ2) is 15.3. The van der Waals surface area contributed by atoms with Crippen molar-refractivity contribution in [3.05, 3.63) is 247 Å². The first-order chi connectivity index (χ1) is 35.2. The number of fused-ring (bicyclic) bond motifs is 15. The van der Waals surface area contributed by atoms with Crippen molar-refractivity contribution < 1.29 is 0 Å². The molecule has 5 heteroatoms. The molecule has 15 aromatic rings. The fourth-order valence-corrected chi connectivity index (χ4v) is 20.1. The molecule has 2 nitrogen and oxygen atoms in total. The van der Waals surface area contributed by atoms with Gasteiger partial charge in [0.15, 0.2) is 0 Å². The molecule has 1 aliphatic rings. The minimum absolute atomic E-state index is 1.16. The summed E-state index contributed by atoms with van der Waals surface area (Å²) < 4.78 is 14.8. The summed E-state index contributed by atoms with van der Waals surface area (Å²) >= 11 is 1.81. The molecule has 0 fully saturated rings. The SMILES string of the molecule is c1ccc(-n2c3ccc(-c4ccc5c(c4)-c4ccccc4I5c4ccc5sc6ccccc6c5c4)cc3c3cc(-c4ccc5c(c4)c4ccccc4n5-c4ccc5sc6ccccc6c5c4)ccc32)cc1. The second-order valence-corrected chi connectivity index (χ2v) is 26.1. The van der Waals surface area contributed by atoms with Crippen LogP contribution in [0.2, 0.25) is 0 Å². The van der Waals surface area contributed by atoms with Gasteiger partial charge in [0, 0.05) is 36.6 Å². The van der Waals surface area contributed by atoms with E-state index >= 15 is 0 Å². The maximum atomic E-state index is 2.52. The molecule has 11 aromatic carbocycles. The molecule has 332 valence electrons.